The predicted octanol–water partition coefficient (Wildman–Crippen LogP) is 1.36. The van der Waals surface area contributed by atoms with E-state index in [9.17, 15) is 23.6 Å². The summed E-state index contributed by atoms with van der Waals surface area (Å²) in [5.74, 6) is 0. The molecule has 0 aliphatic rings. The molecule has 1 unspecified atom stereocenters. The first-order valence-corrected chi connectivity index (χ1v) is 7.57. The Balaban J connectivity index is 2.92. The molecule has 0 bridgehead atoms. The van der Waals surface area contributed by atoms with Crippen molar-refractivity contribution in [2.45, 2.75) is 23.7 Å². The minimum Gasteiger partial charge on any atom is -0.392 e. The molecule has 7 nitrogen and oxygen atoms in total. The van der Waals surface area contributed by atoms with Gasteiger partial charge in [-0.25, -0.2) is 13.1 Å². The van der Waals surface area contributed by atoms with Crippen LogP contribution in [0.2, 0.25) is 4.34 Å². The SMILES string of the molecule is CCC(O)CNS(=O)(=O)c1cc([N+](=O)[O-])c(Cl)s1. The van der Waals surface area contributed by atoms with E-state index in [0.717, 1.165) is 6.07 Å². The number of halogens is 1. The maximum Gasteiger partial charge on any atom is 0.300 e. The lowest BCUT2D eigenvalue weighted by molar-refractivity contribution is -0.384. The number of rotatable bonds is 6. The Morgan fingerprint density at radius 2 is 2.28 bits per heavy atom. The first kappa shape index (κ1) is 15.3. The number of sulfonamides is 1. The van der Waals surface area contributed by atoms with Crippen LogP contribution < -0.4 is 4.72 Å². The summed E-state index contributed by atoms with van der Waals surface area (Å²) in [5.41, 5.74) is -0.446. The smallest absolute Gasteiger partial charge is 0.300 e. The third-order valence-corrected chi connectivity index (χ3v) is 5.32. The van der Waals surface area contributed by atoms with Crippen molar-refractivity contribution in [3.63, 3.8) is 0 Å². The van der Waals surface area contributed by atoms with Gasteiger partial charge in [0, 0.05) is 12.6 Å². The van der Waals surface area contributed by atoms with Gasteiger partial charge < -0.3 is 5.11 Å². The van der Waals surface area contributed by atoms with Gasteiger partial charge >= 0.3 is 0 Å². The van der Waals surface area contributed by atoms with E-state index in [2.05, 4.69) is 4.72 Å². The zero-order valence-corrected chi connectivity index (χ0v) is 11.7. The zero-order valence-electron chi connectivity index (χ0n) is 9.29. The number of aliphatic hydroxyl groups is 1. The molecule has 0 aliphatic carbocycles. The van der Waals surface area contributed by atoms with E-state index in [1.54, 1.807) is 6.92 Å². The third-order valence-electron chi connectivity index (χ3n) is 2.09. The summed E-state index contributed by atoms with van der Waals surface area (Å²) in [6, 6.07) is 0.896. The molecule has 1 aromatic rings. The van der Waals surface area contributed by atoms with Gasteiger partial charge in [0.1, 0.15) is 4.21 Å². The molecule has 0 aliphatic heterocycles. The number of nitrogens with one attached hydrogen (secondary N) is 1. The van der Waals surface area contributed by atoms with Crippen LogP contribution in [0.1, 0.15) is 13.3 Å². The maximum atomic E-state index is 11.7. The molecule has 0 spiro atoms. The maximum absolute atomic E-state index is 11.7. The Morgan fingerprint density at radius 3 is 2.72 bits per heavy atom. The second-order valence-corrected chi connectivity index (χ2v) is 7.04. The summed E-state index contributed by atoms with van der Waals surface area (Å²) in [6.45, 7) is 1.55. The molecule has 0 saturated heterocycles. The van der Waals surface area contributed by atoms with Crippen LogP contribution in [0.15, 0.2) is 10.3 Å². The quantitative estimate of drug-likeness (QED) is 0.608. The molecule has 0 saturated carbocycles. The van der Waals surface area contributed by atoms with E-state index in [4.69, 9.17) is 11.6 Å². The Bertz CT molecular complexity index is 542. The van der Waals surface area contributed by atoms with Crippen molar-refractivity contribution in [3.8, 4) is 0 Å². The van der Waals surface area contributed by atoms with Gasteiger partial charge in [0.25, 0.3) is 5.69 Å². The molecule has 0 amide bonds. The predicted molar refractivity (Wildman–Crippen MR) is 67.5 cm³/mol. The first-order chi connectivity index (χ1) is 8.27. The number of aliphatic hydroxyl groups excluding tert-OH is 1. The van der Waals surface area contributed by atoms with E-state index < -0.39 is 26.7 Å². The summed E-state index contributed by atoms with van der Waals surface area (Å²) >= 11 is 6.17. The van der Waals surface area contributed by atoms with Gasteiger partial charge in [0.2, 0.25) is 10.0 Å². The molecule has 1 heterocycles. The number of nitrogens with zero attached hydrogens (tertiary/aromatic N) is 1. The Hall–Kier alpha value is -0.740. The highest BCUT2D eigenvalue weighted by molar-refractivity contribution is 7.91. The normalized spacial score (nSPS) is 13.5. The van der Waals surface area contributed by atoms with Crippen LogP contribution in [0.4, 0.5) is 5.69 Å². The van der Waals surface area contributed by atoms with E-state index in [-0.39, 0.29) is 15.1 Å². The van der Waals surface area contributed by atoms with Crippen LogP contribution in [0, 0.1) is 10.1 Å². The third kappa shape index (κ3) is 3.62. The summed E-state index contributed by atoms with van der Waals surface area (Å²) in [4.78, 5) is 9.80. The van der Waals surface area contributed by atoms with Gasteiger partial charge in [-0.3, -0.25) is 10.1 Å². The fourth-order valence-electron chi connectivity index (χ4n) is 1.02. The van der Waals surface area contributed by atoms with Gasteiger partial charge in [-0.1, -0.05) is 18.5 Å². The van der Waals surface area contributed by atoms with Crippen LogP contribution in [0.3, 0.4) is 0 Å². The van der Waals surface area contributed by atoms with Crippen LogP contribution in [0.25, 0.3) is 0 Å². The van der Waals surface area contributed by atoms with Crippen LogP contribution in [0.5, 0.6) is 0 Å². The van der Waals surface area contributed by atoms with E-state index in [1.165, 1.54) is 0 Å². The van der Waals surface area contributed by atoms with E-state index in [0.29, 0.717) is 17.8 Å². The highest BCUT2D eigenvalue weighted by Crippen LogP contribution is 2.35. The van der Waals surface area contributed by atoms with Gasteiger partial charge in [0.05, 0.1) is 11.0 Å². The molecular formula is C8H11ClN2O5S2. The van der Waals surface area contributed by atoms with Gasteiger partial charge in [-0.15, -0.1) is 11.3 Å². The molecular weight excluding hydrogens is 304 g/mol. The van der Waals surface area contributed by atoms with Gasteiger partial charge in [0.15, 0.2) is 4.34 Å². The highest BCUT2D eigenvalue weighted by Gasteiger charge is 2.25. The van der Waals surface area contributed by atoms with Gasteiger partial charge in [-0.05, 0) is 6.42 Å². The largest absolute Gasteiger partial charge is 0.392 e. The van der Waals surface area contributed by atoms with Crippen molar-refractivity contribution >= 4 is 38.6 Å². The molecule has 2 N–H and O–H groups in total. The average Bonchev–Trinajstić information content (AvgIpc) is 2.69. The fraction of sp³-hybridized carbons (Fsp3) is 0.500. The number of hydrogen-bond acceptors (Lipinski definition) is 6. The number of thiophene rings is 1. The fourth-order valence-corrected chi connectivity index (χ4v) is 3.80. The monoisotopic (exact) mass is 314 g/mol. The average molecular weight is 315 g/mol. The number of hydrogen-bond donors (Lipinski definition) is 2. The van der Waals surface area contributed by atoms with Crippen molar-refractivity contribution in [3.05, 3.63) is 20.5 Å². The van der Waals surface area contributed by atoms with E-state index >= 15 is 0 Å². The molecule has 0 fully saturated rings. The first-order valence-electron chi connectivity index (χ1n) is 4.89. The summed E-state index contributed by atoms with van der Waals surface area (Å²) < 4.78 is 25.2. The minimum atomic E-state index is -3.88. The van der Waals surface area contributed by atoms with Crippen LogP contribution in [-0.4, -0.2) is 31.1 Å². The summed E-state index contributed by atoms with van der Waals surface area (Å²) in [6.07, 6.45) is -0.404. The lowest BCUT2D eigenvalue weighted by Gasteiger charge is -2.08. The van der Waals surface area contributed by atoms with Crippen molar-refractivity contribution in [2.24, 2.45) is 0 Å². The van der Waals surface area contributed by atoms with E-state index in [1.807, 2.05) is 0 Å². The zero-order chi connectivity index (χ0) is 13.9. The summed E-state index contributed by atoms with van der Waals surface area (Å²) in [5, 5.41) is 19.8. The highest BCUT2D eigenvalue weighted by atomic mass is 35.5. The molecule has 10 heteroatoms. The minimum absolute atomic E-state index is 0.151. The summed E-state index contributed by atoms with van der Waals surface area (Å²) in [7, 11) is -3.88. The molecule has 1 rings (SSSR count). The number of nitro groups is 1. The van der Waals surface area contributed by atoms with Crippen molar-refractivity contribution in [1.29, 1.82) is 0 Å². The topological polar surface area (TPSA) is 110 Å². The van der Waals surface area contributed by atoms with Crippen molar-refractivity contribution in [2.75, 3.05) is 6.54 Å². The van der Waals surface area contributed by atoms with Crippen LogP contribution in [-0.2, 0) is 10.0 Å². The Morgan fingerprint density at radius 1 is 1.67 bits per heavy atom. The lowest BCUT2D eigenvalue weighted by atomic mass is 10.3. The standard InChI is InChI=1S/C8H11ClN2O5S2/c1-2-5(12)4-10-18(15,16)7-3-6(11(13)14)8(9)17-7/h3,5,10,12H,2,4H2,1H3. The Kier molecular flexibility index (Phi) is 5.05. The molecule has 18 heavy (non-hydrogen) atoms. The van der Waals surface area contributed by atoms with Crippen molar-refractivity contribution in [1.82, 2.24) is 4.72 Å². The van der Waals surface area contributed by atoms with Crippen LogP contribution >= 0.6 is 22.9 Å². The molecule has 102 valence electrons. The Labute approximate surface area is 113 Å². The molecule has 0 aromatic carbocycles. The van der Waals surface area contributed by atoms with Crippen molar-refractivity contribution < 1.29 is 18.4 Å². The molecule has 0 radical (unpaired) electrons. The molecule has 1 atom stereocenters. The second-order valence-electron chi connectivity index (χ2n) is 3.40. The van der Waals surface area contributed by atoms with Gasteiger partial charge in [-0.2, -0.15) is 0 Å². The lowest BCUT2D eigenvalue weighted by Crippen LogP contribution is -2.31. The second kappa shape index (κ2) is 5.93. The molecule has 1 aromatic heterocycles.